The van der Waals surface area contributed by atoms with Gasteiger partial charge >= 0.3 is 0 Å². The molecule has 0 aromatic heterocycles. The Labute approximate surface area is 152 Å². The fraction of sp³-hybridized carbons (Fsp3) is 0.667. The molecule has 0 unspecified atom stereocenters. The molecule has 0 aliphatic carbocycles. The number of carbonyl (C=O) groups is 1. The van der Waals surface area contributed by atoms with E-state index in [2.05, 4.69) is 59.3 Å². The van der Waals surface area contributed by atoms with Gasteiger partial charge in [-0.2, -0.15) is 0 Å². The quantitative estimate of drug-likeness (QED) is 0.862. The highest BCUT2D eigenvalue weighted by atomic mass is 16.1. The fourth-order valence-electron chi connectivity index (χ4n) is 4.16. The summed E-state index contributed by atoms with van der Waals surface area (Å²) in [5, 5.41) is 3.24. The lowest BCUT2D eigenvalue weighted by molar-refractivity contribution is -0.126. The molecule has 2 aliphatic rings. The van der Waals surface area contributed by atoms with Gasteiger partial charge in [0.25, 0.3) is 0 Å². The summed E-state index contributed by atoms with van der Waals surface area (Å²) in [5.41, 5.74) is 1.30. The zero-order valence-corrected chi connectivity index (χ0v) is 15.8. The van der Waals surface area contributed by atoms with Crippen molar-refractivity contribution in [3.05, 3.63) is 30.3 Å². The van der Waals surface area contributed by atoms with Gasteiger partial charge in [-0.3, -0.25) is 4.79 Å². The lowest BCUT2D eigenvalue weighted by atomic mass is 9.95. The molecular weight excluding hydrogens is 310 g/mol. The summed E-state index contributed by atoms with van der Waals surface area (Å²) in [6.45, 7) is 10.8. The number of benzene rings is 1. The summed E-state index contributed by atoms with van der Waals surface area (Å²) in [6, 6.07) is 10.6. The molecule has 1 atom stereocenters. The zero-order valence-electron chi connectivity index (χ0n) is 15.8. The van der Waals surface area contributed by atoms with Gasteiger partial charge in [0.15, 0.2) is 0 Å². The Morgan fingerprint density at radius 2 is 1.84 bits per heavy atom. The molecule has 138 valence electrons. The summed E-state index contributed by atoms with van der Waals surface area (Å²) in [5.74, 6) is 1.78. The van der Waals surface area contributed by atoms with Crippen molar-refractivity contribution in [3.63, 3.8) is 0 Å². The van der Waals surface area contributed by atoms with Gasteiger partial charge < -0.3 is 15.1 Å². The maximum Gasteiger partial charge on any atom is 0.223 e. The van der Waals surface area contributed by atoms with Gasteiger partial charge in [0, 0.05) is 37.8 Å². The summed E-state index contributed by atoms with van der Waals surface area (Å²) in [4.78, 5) is 17.4. The first-order chi connectivity index (χ1) is 12.1. The fourth-order valence-corrected chi connectivity index (χ4v) is 4.16. The summed E-state index contributed by atoms with van der Waals surface area (Å²) in [7, 11) is 0. The number of nitrogens with one attached hydrogen (secondary N) is 1. The number of nitrogens with zero attached hydrogens (tertiary/aromatic N) is 2. The average Bonchev–Trinajstić information content (AvgIpc) is 3.10. The van der Waals surface area contributed by atoms with Crippen molar-refractivity contribution in [2.75, 3.05) is 44.2 Å². The molecule has 4 heteroatoms. The minimum atomic E-state index is 0.218. The van der Waals surface area contributed by atoms with Crippen LogP contribution in [0.1, 0.15) is 33.1 Å². The van der Waals surface area contributed by atoms with Gasteiger partial charge in [-0.25, -0.2) is 0 Å². The van der Waals surface area contributed by atoms with Gasteiger partial charge in [-0.1, -0.05) is 32.0 Å². The second-order valence-electron chi connectivity index (χ2n) is 8.15. The lowest BCUT2D eigenvalue weighted by Gasteiger charge is -2.32. The maximum absolute atomic E-state index is 12.5. The monoisotopic (exact) mass is 343 g/mol. The van der Waals surface area contributed by atoms with Crippen LogP contribution in [-0.2, 0) is 4.79 Å². The van der Waals surface area contributed by atoms with Crippen molar-refractivity contribution >= 4 is 11.6 Å². The summed E-state index contributed by atoms with van der Waals surface area (Å²) < 4.78 is 0. The Kier molecular flexibility index (Phi) is 6.35. The first-order valence-electron chi connectivity index (χ1n) is 9.92. The highest BCUT2D eigenvalue weighted by Gasteiger charge is 2.27. The average molecular weight is 344 g/mol. The SMILES string of the molecule is CC(C)CN1CCC(C(=O)NC[C@@H]2CCN(c3ccccc3)C2)CC1. The number of piperidine rings is 1. The van der Waals surface area contributed by atoms with E-state index in [1.807, 2.05) is 0 Å². The molecule has 1 aromatic carbocycles. The van der Waals surface area contributed by atoms with Crippen molar-refractivity contribution in [2.24, 2.45) is 17.8 Å². The highest BCUT2D eigenvalue weighted by Crippen LogP contribution is 2.23. The molecule has 4 nitrogen and oxygen atoms in total. The number of hydrogen-bond donors (Lipinski definition) is 1. The maximum atomic E-state index is 12.5. The van der Waals surface area contributed by atoms with Gasteiger partial charge in [0.1, 0.15) is 0 Å². The lowest BCUT2D eigenvalue weighted by Crippen LogP contribution is -2.42. The van der Waals surface area contributed by atoms with Crippen LogP contribution in [0.2, 0.25) is 0 Å². The standard InChI is InChI=1S/C21H33N3O/c1-17(2)15-23-11-9-19(10-12-23)21(25)22-14-18-8-13-24(16-18)20-6-4-3-5-7-20/h3-7,17-19H,8-16H2,1-2H3,(H,22,25)/t18-/m0/s1. The van der Waals surface area contributed by atoms with Crippen LogP contribution in [0, 0.1) is 17.8 Å². The van der Waals surface area contributed by atoms with Crippen LogP contribution in [-0.4, -0.2) is 50.1 Å². The molecule has 25 heavy (non-hydrogen) atoms. The molecule has 1 aromatic rings. The predicted molar refractivity (Wildman–Crippen MR) is 104 cm³/mol. The van der Waals surface area contributed by atoms with Crippen LogP contribution in [0.15, 0.2) is 30.3 Å². The summed E-state index contributed by atoms with van der Waals surface area (Å²) >= 11 is 0. The second kappa shape index (κ2) is 8.70. The van der Waals surface area contributed by atoms with Gasteiger partial charge in [-0.05, 0) is 56.3 Å². The second-order valence-corrected chi connectivity index (χ2v) is 8.15. The molecular formula is C21H33N3O. The normalized spacial score (nSPS) is 22.5. The molecule has 2 saturated heterocycles. The molecule has 2 heterocycles. The van der Waals surface area contributed by atoms with E-state index in [1.54, 1.807) is 0 Å². The number of carbonyl (C=O) groups excluding carboxylic acids is 1. The van der Waals surface area contributed by atoms with Gasteiger partial charge in [0.05, 0.1) is 0 Å². The first kappa shape index (κ1) is 18.2. The number of para-hydroxylation sites is 1. The van der Waals surface area contributed by atoms with Crippen LogP contribution in [0.5, 0.6) is 0 Å². The van der Waals surface area contributed by atoms with Crippen molar-refractivity contribution < 1.29 is 4.79 Å². The molecule has 3 rings (SSSR count). The van der Waals surface area contributed by atoms with Crippen molar-refractivity contribution in [3.8, 4) is 0 Å². The minimum Gasteiger partial charge on any atom is -0.371 e. The molecule has 0 saturated carbocycles. The van der Waals surface area contributed by atoms with Crippen LogP contribution in [0.25, 0.3) is 0 Å². The molecule has 2 fully saturated rings. The first-order valence-corrected chi connectivity index (χ1v) is 9.92. The number of hydrogen-bond acceptors (Lipinski definition) is 3. The van der Waals surface area contributed by atoms with Crippen LogP contribution < -0.4 is 10.2 Å². The zero-order chi connectivity index (χ0) is 17.6. The topological polar surface area (TPSA) is 35.6 Å². The van der Waals surface area contributed by atoms with E-state index in [4.69, 9.17) is 0 Å². The molecule has 0 bridgehead atoms. The molecule has 1 N–H and O–H groups in total. The highest BCUT2D eigenvalue weighted by molar-refractivity contribution is 5.78. The summed E-state index contributed by atoms with van der Waals surface area (Å²) in [6.07, 6.45) is 3.20. The van der Waals surface area contributed by atoms with E-state index in [1.165, 1.54) is 12.1 Å². The van der Waals surface area contributed by atoms with Crippen LogP contribution in [0.4, 0.5) is 5.69 Å². The molecule has 0 spiro atoms. The molecule has 0 radical (unpaired) electrons. The largest absolute Gasteiger partial charge is 0.371 e. The third kappa shape index (κ3) is 5.21. The number of rotatable bonds is 6. The number of likely N-dealkylation sites (tertiary alicyclic amines) is 1. The minimum absolute atomic E-state index is 0.218. The third-order valence-electron chi connectivity index (χ3n) is 5.55. The van der Waals surface area contributed by atoms with Gasteiger partial charge in [0.2, 0.25) is 5.91 Å². The third-order valence-corrected chi connectivity index (χ3v) is 5.55. The van der Waals surface area contributed by atoms with E-state index in [-0.39, 0.29) is 11.8 Å². The Morgan fingerprint density at radius 1 is 1.12 bits per heavy atom. The Bertz CT molecular complexity index is 537. The van der Waals surface area contributed by atoms with Crippen molar-refractivity contribution in [1.82, 2.24) is 10.2 Å². The Balaban J connectivity index is 1.37. The van der Waals surface area contributed by atoms with E-state index in [9.17, 15) is 4.79 Å². The van der Waals surface area contributed by atoms with E-state index in [0.29, 0.717) is 11.8 Å². The Morgan fingerprint density at radius 3 is 2.52 bits per heavy atom. The molecule has 1 amide bonds. The predicted octanol–water partition coefficient (Wildman–Crippen LogP) is 3.00. The van der Waals surface area contributed by atoms with E-state index >= 15 is 0 Å². The van der Waals surface area contributed by atoms with Crippen LogP contribution in [0.3, 0.4) is 0 Å². The molecule has 2 aliphatic heterocycles. The number of anilines is 1. The Hall–Kier alpha value is -1.55. The smallest absolute Gasteiger partial charge is 0.223 e. The van der Waals surface area contributed by atoms with E-state index in [0.717, 1.165) is 52.1 Å². The van der Waals surface area contributed by atoms with Crippen molar-refractivity contribution in [1.29, 1.82) is 0 Å². The van der Waals surface area contributed by atoms with Crippen molar-refractivity contribution in [2.45, 2.75) is 33.1 Å². The van der Waals surface area contributed by atoms with E-state index < -0.39 is 0 Å². The van der Waals surface area contributed by atoms with Crippen LogP contribution >= 0.6 is 0 Å². The van der Waals surface area contributed by atoms with Gasteiger partial charge in [-0.15, -0.1) is 0 Å². The number of amides is 1.